The first-order valence-corrected chi connectivity index (χ1v) is 7.15. The van der Waals surface area contributed by atoms with Gasteiger partial charge in [0.1, 0.15) is 18.2 Å². The summed E-state index contributed by atoms with van der Waals surface area (Å²) in [7, 11) is 0. The van der Waals surface area contributed by atoms with Gasteiger partial charge in [0, 0.05) is 5.56 Å². The maximum absolute atomic E-state index is 13.3. The summed E-state index contributed by atoms with van der Waals surface area (Å²) in [6.45, 7) is 4.63. The van der Waals surface area contributed by atoms with E-state index in [2.05, 4.69) is 26.0 Å². The Morgan fingerprint density at radius 3 is 2.50 bits per heavy atom. The van der Waals surface area contributed by atoms with Gasteiger partial charge in [0.15, 0.2) is 0 Å². The number of hydrogen-bond acceptors (Lipinski definition) is 1. The summed E-state index contributed by atoms with van der Waals surface area (Å²) in [6.07, 6.45) is 1.11. The molecule has 0 fully saturated rings. The number of benzene rings is 2. The summed E-state index contributed by atoms with van der Waals surface area (Å²) in [6, 6.07) is 12.7. The predicted octanol–water partition coefficient (Wildman–Crippen LogP) is 5.57. The SMILES string of the molecule is CCC(C)c1ccc(OCc2cccc(F)c2Cl)cc1. The molecule has 0 spiro atoms. The predicted molar refractivity (Wildman–Crippen MR) is 80.9 cm³/mol. The average Bonchev–Trinajstić information content (AvgIpc) is 2.48. The Morgan fingerprint density at radius 2 is 1.85 bits per heavy atom. The summed E-state index contributed by atoms with van der Waals surface area (Å²) < 4.78 is 18.9. The van der Waals surface area contributed by atoms with Gasteiger partial charge in [-0.25, -0.2) is 4.39 Å². The molecule has 1 unspecified atom stereocenters. The highest BCUT2D eigenvalue weighted by Crippen LogP contribution is 2.24. The third kappa shape index (κ3) is 3.51. The number of ether oxygens (including phenoxy) is 1. The molecule has 0 radical (unpaired) electrons. The largest absolute Gasteiger partial charge is 0.489 e. The molecule has 1 nitrogen and oxygen atoms in total. The molecule has 0 aromatic heterocycles. The molecule has 20 heavy (non-hydrogen) atoms. The van der Waals surface area contributed by atoms with Gasteiger partial charge >= 0.3 is 0 Å². The van der Waals surface area contributed by atoms with Crippen LogP contribution in [0.5, 0.6) is 5.75 Å². The van der Waals surface area contributed by atoms with Gasteiger partial charge in [0.2, 0.25) is 0 Å². The molecule has 3 heteroatoms. The first kappa shape index (κ1) is 14.9. The Labute approximate surface area is 124 Å². The van der Waals surface area contributed by atoms with E-state index in [4.69, 9.17) is 16.3 Å². The van der Waals surface area contributed by atoms with Gasteiger partial charge < -0.3 is 4.74 Å². The quantitative estimate of drug-likeness (QED) is 0.700. The summed E-state index contributed by atoms with van der Waals surface area (Å²) in [4.78, 5) is 0. The molecule has 0 saturated carbocycles. The second kappa shape index (κ2) is 6.76. The molecule has 1 atom stereocenters. The van der Waals surface area contributed by atoms with Gasteiger partial charge in [0.05, 0.1) is 5.02 Å². The van der Waals surface area contributed by atoms with E-state index in [1.165, 1.54) is 11.6 Å². The van der Waals surface area contributed by atoms with Crippen LogP contribution in [0.15, 0.2) is 42.5 Å². The van der Waals surface area contributed by atoms with Crippen LogP contribution in [-0.4, -0.2) is 0 Å². The van der Waals surface area contributed by atoms with Crippen molar-refractivity contribution in [1.29, 1.82) is 0 Å². The van der Waals surface area contributed by atoms with Crippen LogP contribution in [0.25, 0.3) is 0 Å². The fourth-order valence-electron chi connectivity index (χ4n) is 1.95. The van der Waals surface area contributed by atoms with Gasteiger partial charge in [-0.1, -0.05) is 49.7 Å². The second-order valence-electron chi connectivity index (χ2n) is 4.88. The minimum atomic E-state index is -0.417. The molecule has 0 heterocycles. The topological polar surface area (TPSA) is 9.23 Å². The zero-order chi connectivity index (χ0) is 14.5. The molecule has 2 aromatic carbocycles. The molecular weight excluding hydrogens is 275 g/mol. The van der Waals surface area contributed by atoms with Gasteiger partial charge in [0.25, 0.3) is 0 Å². The van der Waals surface area contributed by atoms with E-state index in [-0.39, 0.29) is 11.6 Å². The lowest BCUT2D eigenvalue weighted by atomic mass is 9.99. The molecular formula is C17H18ClFO. The average molecular weight is 293 g/mol. The van der Waals surface area contributed by atoms with E-state index in [1.54, 1.807) is 12.1 Å². The normalized spacial score (nSPS) is 12.2. The lowest BCUT2D eigenvalue weighted by Gasteiger charge is -2.11. The smallest absolute Gasteiger partial charge is 0.142 e. The molecule has 0 aliphatic carbocycles. The van der Waals surface area contributed by atoms with Crippen molar-refractivity contribution in [3.05, 3.63) is 64.4 Å². The van der Waals surface area contributed by atoms with Crippen LogP contribution in [0, 0.1) is 5.82 Å². The van der Waals surface area contributed by atoms with E-state index < -0.39 is 5.82 Å². The first-order valence-electron chi connectivity index (χ1n) is 6.77. The number of hydrogen-bond donors (Lipinski definition) is 0. The van der Waals surface area contributed by atoms with Crippen molar-refractivity contribution in [2.24, 2.45) is 0 Å². The Kier molecular flexibility index (Phi) is 5.02. The van der Waals surface area contributed by atoms with Gasteiger partial charge in [-0.05, 0) is 36.1 Å². The van der Waals surface area contributed by atoms with Crippen molar-refractivity contribution in [3.63, 3.8) is 0 Å². The van der Waals surface area contributed by atoms with Crippen LogP contribution in [0.4, 0.5) is 4.39 Å². The molecule has 0 aliphatic rings. The molecule has 2 rings (SSSR count). The van der Waals surface area contributed by atoms with E-state index in [0.717, 1.165) is 12.2 Å². The Balaban J connectivity index is 2.02. The maximum Gasteiger partial charge on any atom is 0.142 e. The van der Waals surface area contributed by atoms with E-state index in [9.17, 15) is 4.39 Å². The highest BCUT2D eigenvalue weighted by Gasteiger charge is 2.07. The first-order chi connectivity index (χ1) is 9.61. The van der Waals surface area contributed by atoms with Crippen molar-refractivity contribution >= 4 is 11.6 Å². The van der Waals surface area contributed by atoms with Crippen molar-refractivity contribution < 1.29 is 9.13 Å². The molecule has 2 aromatic rings. The summed E-state index contributed by atoms with van der Waals surface area (Å²) in [5, 5.41) is 0.128. The Hall–Kier alpha value is -1.54. The lowest BCUT2D eigenvalue weighted by molar-refractivity contribution is 0.305. The fraction of sp³-hybridized carbons (Fsp3) is 0.294. The van der Waals surface area contributed by atoms with Crippen molar-refractivity contribution in [2.45, 2.75) is 32.8 Å². The standard InChI is InChI=1S/C17H18ClFO/c1-3-12(2)13-7-9-15(10-8-13)20-11-14-5-4-6-16(19)17(14)18/h4-10,12H,3,11H2,1-2H3. The van der Waals surface area contributed by atoms with Crippen LogP contribution >= 0.6 is 11.6 Å². The summed E-state index contributed by atoms with van der Waals surface area (Å²) in [5.41, 5.74) is 1.95. The molecule has 0 saturated heterocycles. The minimum absolute atomic E-state index is 0.128. The van der Waals surface area contributed by atoms with Crippen molar-refractivity contribution in [2.75, 3.05) is 0 Å². The van der Waals surface area contributed by atoms with Gasteiger partial charge in [-0.2, -0.15) is 0 Å². The number of halogens is 2. The van der Waals surface area contributed by atoms with Crippen LogP contribution < -0.4 is 4.74 Å². The molecule has 0 N–H and O–H groups in total. The van der Waals surface area contributed by atoms with Gasteiger partial charge in [-0.3, -0.25) is 0 Å². The monoisotopic (exact) mass is 292 g/mol. The second-order valence-corrected chi connectivity index (χ2v) is 5.26. The summed E-state index contributed by atoms with van der Waals surface area (Å²) in [5.74, 6) is 0.888. The highest BCUT2D eigenvalue weighted by atomic mass is 35.5. The lowest BCUT2D eigenvalue weighted by Crippen LogP contribution is -1.98. The van der Waals surface area contributed by atoms with E-state index in [0.29, 0.717) is 11.5 Å². The fourth-order valence-corrected chi connectivity index (χ4v) is 2.13. The zero-order valence-corrected chi connectivity index (χ0v) is 12.5. The van der Waals surface area contributed by atoms with Crippen molar-refractivity contribution in [3.8, 4) is 5.75 Å². The molecule has 0 amide bonds. The van der Waals surface area contributed by atoms with E-state index in [1.807, 2.05) is 12.1 Å². The van der Waals surface area contributed by atoms with Crippen LogP contribution in [-0.2, 0) is 6.61 Å². The summed E-state index contributed by atoms with van der Waals surface area (Å²) >= 11 is 5.89. The number of rotatable bonds is 5. The van der Waals surface area contributed by atoms with Crippen LogP contribution in [0.3, 0.4) is 0 Å². The van der Waals surface area contributed by atoms with E-state index >= 15 is 0 Å². The zero-order valence-electron chi connectivity index (χ0n) is 11.7. The molecule has 0 aliphatic heterocycles. The maximum atomic E-state index is 13.3. The third-order valence-corrected chi connectivity index (χ3v) is 3.91. The van der Waals surface area contributed by atoms with Gasteiger partial charge in [-0.15, -0.1) is 0 Å². The van der Waals surface area contributed by atoms with Crippen LogP contribution in [0.2, 0.25) is 5.02 Å². The Bertz CT molecular complexity index is 566. The molecule has 106 valence electrons. The molecule has 0 bridgehead atoms. The Morgan fingerprint density at radius 1 is 1.15 bits per heavy atom. The highest BCUT2D eigenvalue weighted by molar-refractivity contribution is 6.31. The minimum Gasteiger partial charge on any atom is -0.489 e. The third-order valence-electron chi connectivity index (χ3n) is 3.49. The van der Waals surface area contributed by atoms with Crippen LogP contribution in [0.1, 0.15) is 37.3 Å². The van der Waals surface area contributed by atoms with Crippen molar-refractivity contribution in [1.82, 2.24) is 0 Å².